The smallest absolute Gasteiger partial charge is 0.222 e. The maximum absolute atomic E-state index is 12.5. The molecule has 0 aromatic carbocycles. The molecule has 1 saturated heterocycles. The number of hydrogen-bond donors (Lipinski definition) is 1. The lowest BCUT2D eigenvalue weighted by Gasteiger charge is -2.30. The first-order valence-corrected chi connectivity index (χ1v) is 9.23. The summed E-state index contributed by atoms with van der Waals surface area (Å²) in [5, 5.41) is 5.53. The van der Waals surface area contributed by atoms with E-state index in [4.69, 9.17) is 0 Å². The van der Waals surface area contributed by atoms with Gasteiger partial charge in [-0.1, -0.05) is 6.07 Å². The van der Waals surface area contributed by atoms with Crippen LogP contribution in [0.2, 0.25) is 0 Å². The number of nitrogens with zero attached hydrogens (tertiary/aromatic N) is 1. The monoisotopic (exact) mass is 306 g/mol. The number of nitrogens with one attached hydrogen (secondary N) is 1. The van der Waals surface area contributed by atoms with Gasteiger partial charge in [-0.05, 0) is 69.0 Å². The molecule has 2 fully saturated rings. The predicted octanol–water partition coefficient (Wildman–Crippen LogP) is 3.06. The molecule has 0 bridgehead atoms. The van der Waals surface area contributed by atoms with Crippen LogP contribution >= 0.6 is 11.3 Å². The standard InChI is InChI=1S/C17H26N2OS/c20-17(5-1-3-16-4-2-12-21-16)19(15-6-7-15)13-14-8-10-18-11-9-14/h2,4,12,14-15,18H,1,3,5-11,13H2. The molecule has 116 valence electrons. The fourth-order valence-corrected chi connectivity index (χ4v) is 3.95. The summed E-state index contributed by atoms with van der Waals surface area (Å²) in [6.07, 6.45) is 7.67. The maximum atomic E-state index is 12.5. The van der Waals surface area contributed by atoms with E-state index in [9.17, 15) is 4.79 Å². The van der Waals surface area contributed by atoms with Crippen molar-refractivity contribution in [1.29, 1.82) is 0 Å². The second-order valence-electron chi connectivity index (χ2n) is 6.40. The molecule has 1 saturated carbocycles. The molecule has 0 spiro atoms. The van der Waals surface area contributed by atoms with Gasteiger partial charge in [0.15, 0.2) is 0 Å². The molecule has 3 rings (SSSR count). The van der Waals surface area contributed by atoms with Gasteiger partial charge in [0.25, 0.3) is 0 Å². The Morgan fingerprint density at radius 1 is 1.29 bits per heavy atom. The molecular weight excluding hydrogens is 280 g/mol. The average Bonchev–Trinajstić information content (AvgIpc) is 3.22. The van der Waals surface area contributed by atoms with Crippen LogP contribution in [0.3, 0.4) is 0 Å². The van der Waals surface area contributed by atoms with Gasteiger partial charge >= 0.3 is 0 Å². The minimum Gasteiger partial charge on any atom is -0.339 e. The third-order valence-corrected chi connectivity index (χ3v) is 5.55. The molecule has 0 atom stereocenters. The van der Waals surface area contributed by atoms with E-state index in [-0.39, 0.29) is 0 Å². The van der Waals surface area contributed by atoms with E-state index in [0.717, 1.165) is 38.9 Å². The Balaban J connectivity index is 1.45. The molecule has 1 amide bonds. The highest BCUT2D eigenvalue weighted by Gasteiger charge is 2.33. The van der Waals surface area contributed by atoms with Crippen LogP contribution in [0.1, 0.15) is 43.4 Å². The van der Waals surface area contributed by atoms with Crippen molar-refractivity contribution in [3.05, 3.63) is 22.4 Å². The number of amides is 1. The van der Waals surface area contributed by atoms with Crippen LogP contribution in [0.4, 0.5) is 0 Å². The van der Waals surface area contributed by atoms with Gasteiger partial charge in [-0.2, -0.15) is 0 Å². The third-order valence-electron chi connectivity index (χ3n) is 4.62. The van der Waals surface area contributed by atoms with Crippen molar-refractivity contribution in [3.8, 4) is 0 Å². The summed E-state index contributed by atoms with van der Waals surface area (Å²) in [6, 6.07) is 4.83. The number of carbonyl (C=O) groups is 1. The highest BCUT2D eigenvalue weighted by molar-refractivity contribution is 7.09. The summed E-state index contributed by atoms with van der Waals surface area (Å²) >= 11 is 1.80. The van der Waals surface area contributed by atoms with E-state index >= 15 is 0 Å². The average molecular weight is 306 g/mol. The van der Waals surface area contributed by atoms with Crippen molar-refractivity contribution in [2.75, 3.05) is 19.6 Å². The fraction of sp³-hybridized carbons (Fsp3) is 0.706. The van der Waals surface area contributed by atoms with E-state index in [1.165, 1.54) is 30.6 Å². The van der Waals surface area contributed by atoms with Gasteiger partial charge in [0.1, 0.15) is 0 Å². The number of rotatable bonds is 7. The zero-order valence-corrected chi connectivity index (χ0v) is 13.5. The first-order valence-electron chi connectivity index (χ1n) is 8.35. The van der Waals surface area contributed by atoms with E-state index in [1.54, 1.807) is 11.3 Å². The number of piperidine rings is 1. The van der Waals surface area contributed by atoms with Gasteiger partial charge in [-0.25, -0.2) is 0 Å². The molecule has 0 radical (unpaired) electrons. The first kappa shape index (κ1) is 15.0. The number of carbonyl (C=O) groups excluding carboxylic acids is 1. The highest BCUT2D eigenvalue weighted by atomic mass is 32.1. The minimum atomic E-state index is 0.396. The molecule has 1 N–H and O–H groups in total. The molecule has 2 aliphatic rings. The predicted molar refractivity (Wildman–Crippen MR) is 87.6 cm³/mol. The summed E-state index contributed by atoms with van der Waals surface area (Å²) < 4.78 is 0. The zero-order valence-electron chi connectivity index (χ0n) is 12.7. The highest BCUT2D eigenvalue weighted by Crippen LogP contribution is 2.30. The molecule has 0 unspecified atom stereocenters. The Bertz CT molecular complexity index is 436. The van der Waals surface area contributed by atoms with Crippen LogP contribution in [-0.4, -0.2) is 36.5 Å². The molecule has 4 heteroatoms. The summed E-state index contributed by atoms with van der Waals surface area (Å²) in [5.41, 5.74) is 0. The molecule has 1 aliphatic carbocycles. The van der Waals surface area contributed by atoms with Crippen molar-refractivity contribution < 1.29 is 4.79 Å². The summed E-state index contributed by atoms with van der Waals surface area (Å²) in [6.45, 7) is 3.25. The molecular formula is C17H26N2OS. The first-order chi connectivity index (χ1) is 10.3. The maximum Gasteiger partial charge on any atom is 0.222 e. The lowest BCUT2D eigenvalue weighted by atomic mass is 9.97. The minimum absolute atomic E-state index is 0.396. The van der Waals surface area contributed by atoms with Gasteiger partial charge in [0, 0.05) is 23.9 Å². The van der Waals surface area contributed by atoms with Gasteiger partial charge in [0.05, 0.1) is 0 Å². The van der Waals surface area contributed by atoms with Crippen LogP contribution in [0, 0.1) is 5.92 Å². The Hall–Kier alpha value is -0.870. The van der Waals surface area contributed by atoms with Crippen molar-refractivity contribution in [1.82, 2.24) is 10.2 Å². The zero-order chi connectivity index (χ0) is 14.5. The van der Waals surface area contributed by atoms with Crippen molar-refractivity contribution in [2.45, 2.75) is 51.0 Å². The van der Waals surface area contributed by atoms with Crippen molar-refractivity contribution in [3.63, 3.8) is 0 Å². The Kier molecular flexibility index (Phi) is 5.31. The van der Waals surface area contributed by atoms with Gasteiger partial charge in [-0.15, -0.1) is 11.3 Å². The second-order valence-corrected chi connectivity index (χ2v) is 7.44. The molecule has 3 nitrogen and oxygen atoms in total. The molecule has 1 aromatic heterocycles. The second kappa shape index (κ2) is 7.41. The fourth-order valence-electron chi connectivity index (χ4n) is 3.20. The third kappa shape index (κ3) is 4.55. The van der Waals surface area contributed by atoms with E-state index in [2.05, 4.69) is 27.7 Å². The molecule has 21 heavy (non-hydrogen) atoms. The lowest BCUT2D eigenvalue weighted by Crippen LogP contribution is -2.40. The summed E-state index contributed by atoms with van der Waals surface area (Å²) in [7, 11) is 0. The molecule has 1 aromatic rings. The Morgan fingerprint density at radius 3 is 2.76 bits per heavy atom. The van der Waals surface area contributed by atoms with Crippen LogP contribution in [0.25, 0.3) is 0 Å². The van der Waals surface area contributed by atoms with E-state index in [1.807, 2.05) is 0 Å². The normalized spacial score (nSPS) is 19.6. The number of hydrogen-bond acceptors (Lipinski definition) is 3. The van der Waals surface area contributed by atoms with Gasteiger partial charge in [-0.3, -0.25) is 4.79 Å². The van der Waals surface area contributed by atoms with Gasteiger partial charge < -0.3 is 10.2 Å². The van der Waals surface area contributed by atoms with Crippen LogP contribution in [0.15, 0.2) is 17.5 Å². The quantitative estimate of drug-likeness (QED) is 0.839. The summed E-state index contributed by atoms with van der Waals surface area (Å²) in [5.74, 6) is 1.11. The van der Waals surface area contributed by atoms with E-state index < -0.39 is 0 Å². The number of aryl methyl sites for hydroxylation is 1. The molecule has 1 aliphatic heterocycles. The van der Waals surface area contributed by atoms with E-state index in [0.29, 0.717) is 17.9 Å². The Labute approximate surface area is 131 Å². The van der Waals surface area contributed by atoms with Crippen LogP contribution in [-0.2, 0) is 11.2 Å². The Morgan fingerprint density at radius 2 is 2.10 bits per heavy atom. The topological polar surface area (TPSA) is 32.3 Å². The SMILES string of the molecule is O=C(CCCc1cccs1)N(CC1CCNCC1)C1CC1. The van der Waals surface area contributed by atoms with Crippen molar-refractivity contribution >= 4 is 17.2 Å². The van der Waals surface area contributed by atoms with Gasteiger partial charge in [0.2, 0.25) is 5.91 Å². The number of thiophene rings is 1. The lowest BCUT2D eigenvalue weighted by molar-refractivity contribution is -0.132. The largest absolute Gasteiger partial charge is 0.339 e. The van der Waals surface area contributed by atoms with Crippen LogP contribution < -0.4 is 5.32 Å². The van der Waals surface area contributed by atoms with Crippen LogP contribution in [0.5, 0.6) is 0 Å². The van der Waals surface area contributed by atoms with Crippen molar-refractivity contribution in [2.24, 2.45) is 5.92 Å². The summed E-state index contributed by atoms with van der Waals surface area (Å²) in [4.78, 5) is 16.2. The molecule has 2 heterocycles.